The van der Waals surface area contributed by atoms with E-state index in [0.29, 0.717) is 70.1 Å². The number of amides is 4. The molecule has 3 heterocycles. The average Bonchev–Trinajstić information content (AvgIpc) is 3.35. The number of carbonyl (C=O) groups is 4. The molecule has 1 spiro atoms. The van der Waals surface area contributed by atoms with E-state index in [1.807, 2.05) is 60.7 Å². The number of nitrogens with zero attached hydrogens (tertiary/aromatic N) is 3. The number of hydrogen-bond acceptors (Lipinski definition) is 6. The van der Waals surface area contributed by atoms with Gasteiger partial charge in [0.2, 0.25) is 23.6 Å². The van der Waals surface area contributed by atoms with Gasteiger partial charge in [-0.2, -0.15) is 0 Å². The number of benzene rings is 3. The summed E-state index contributed by atoms with van der Waals surface area (Å²) >= 11 is 6.13. The van der Waals surface area contributed by atoms with Crippen LogP contribution in [0, 0.1) is 0 Å². The molecular formula is C36H41ClN6O4. The van der Waals surface area contributed by atoms with Crippen LogP contribution in [0.15, 0.2) is 78.9 Å². The van der Waals surface area contributed by atoms with Crippen molar-refractivity contribution in [3.63, 3.8) is 0 Å². The molecule has 10 nitrogen and oxygen atoms in total. The van der Waals surface area contributed by atoms with Gasteiger partial charge in [-0.25, -0.2) is 0 Å². The van der Waals surface area contributed by atoms with Crippen LogP contribution in [0.5, 0.6) is 0 Å². The minimum Gasteiger partial charge on any atom is -0.355 e. The lowest BCUT2D eigenvalue weighted by molar-refractivity contribution is -0.141. The van der Waals surface area contributed by atoms with Crippen molar-refractivity contribution in [1.29, 1.82) is 0 Å². The highest BCUT2D eigenvalue weighted by atomic mass is 35.5. The van der Waals surface area contributed by atoms with E-state index in [-0.39, 0.29) is 23.6 Å². The summed E-state index contributed by atoms with van der Waals surface area (Å²) in [5.41, 5.74) is 3.33. The number of halogens is 1. The maximum Gasteiger partial charge on any atom is 0.250 e. The van der Waals surface area contributed by atoms with Crippen molar-refractivity contribution in [3.05, 3.63) is 101 Å². The van der Waals surface area contributed by atoms with Crippen LogP contribution in [0.1, 0.15) is 36.5 Å². The smallest absolute Gasteiger partial charge is 0.250 e. The maximum absolute atomic E-state index is 14.2. The third-order valence-electron chi connectivity index (χ3n) is 9.61. The van der Waals surface area contributed by atoms with Gasteiger partial charge in [-0.05, 0) is 60.2 Å². The lowest BCUT2D eigenvalue weighted by Gasteiger charge is -2.44. The SMILES string of the molecule is CC(=O)NCCN1CN(c2ccccc2)C2(CCN(C(=O)[C@@H](Cc3ccc(Cl)cc3)NC(=O)C3Cc4ccccc4CN3)CC2)C1=O. The predicted molar refractivity (Wildman–Crippen MR) is 181 cm³/mol. The molecule has 0 saturated carbocycles. The number of hydrogen-bond donors (Lipinski definition) is 3. The molecule has 3 aromatic rings. The molecule has 3 aromatic carbocycles. The summed E-state index contributed by atoms with van der Waals surface area (Å²) < 4.78 is 0. The third kappa shape index (κ3) is 7.13. The highest BCUT2D eigenvalue weighted by molar-refractivity contribution is 6.30. The van der Waals surface area contributed by atoms with Crippen molar-refractivity contribution in [2.75, 3.05) is 37.7 Å². The van der Waals surface area contributed by atoms with Gasteiger partial charge in [0.05, 0.1) is 12.7 Å². The molecule has 246 valence electrons. The van der Waals surface area contributed by atoms with Crippen molar-refractivity contribution in [2.45, 2.75) is 56.8 Å². The Morgan fingerprint density at radius 1 is 0.957 bits per heavy atom. The number of piperidine rings is 1. The highest BCUT2D eigenvalue weighted by Gasteiger charge is 2.54. The highest BCUT2D eigenvalue weighted by Crippen LogP contribution is 2.39. The monoisotopic (exact) mass is 656 g/mol. The van der Waals surface area contributed by atoms with E-state index in [1.165, 1.54) is 12.5 Å². The Kier molecular flexibility index (Phi) is 9.79. The molecule has 1 unspecified atom stereocenters. The van der Waals surface area contributed by atoms with Crippen molar-refractivity contribution >= 4 is 40.9 Å². The first-order chi connectivity index (χ1) is 22.7. The van der Waals surface area contributed by atoms with E-state index in [1.54, 1.807) is 21.9 Å². The molecule has 11 heteroatoms. The zero-order valence-corrected chi connectivity index (χ0v) is 27.3. The van der Waals surface area contributed by atoms with E-state index in [9.17, 15) is 19.2 Å². The van der Waals surface area contributed by atoms with E-state index in [2.05, 4.69) is 26.9 Å². The van der Waals surface area contributed by atoms with Crippen LogP contribution in [-0.2, 0) is 38.6 Å². The van der Waals surface area contributed by atoms with E-state index >= 15 is 0 Å². The molecular weight excluding hydrogens is 616 g/mol. The van der Waals surface area contributed by atoms with Crippen LogP contribution in [0.3, 0.4) is 0 Å². The van der Waals surface area contributed by atoms with Crippen LogP contribution in [-0.4, -0.2) is 83.9 Å². The number of rotatable bonds is 9. The minimum atomic E-state index is -0.803. The molecule has 3 aliphatic heterocycles. The van der Waals surface area contributed by atoms with Crippen molar-refractivity contribution in [3.8, 4) is 0 Å². The zero-order chi connectivity index (χ0) is 33.0. The summed E-state index contributed by atoms with van der Waals surface area (Å²) in [5, 5.41) is 9.79. The Labute approximate surface area is 280 Å². The fraction of sp³-hybridized carbons (Fsp3) is 0.389. The summed E-state index contributed by atoms with van der Waals surface area (Å²) in [5.74, 6) is -0.509. The molecule has 3 aliphatic rings. The Morgan fingerprint density at radius 2 is 1.64 bits per heavy atom. The van der Waals surface area contributed by atoms with E-state index < -0.39 is 17.6 Å². The molecule has 2 atom stereocenters. The van der Waals surface area contributed by atoms with Gasteiger partial charge in [0.1, 0.15) is 11.6 Å². The number of likely N-dealkylation sites (tertiary alicyclic amines) is 1. The molecule has 47 heavy (non-hydrogen) atoms. The van der Waals surface area contributed by atoms with Crippen LogP contribution in [0.2, 0.25) is 5.02 Å². The molecule has 0 radical (unpaired) electrons. The predicted octanol–water partition coefficient (Wildman–Crippen LogP) is 2.89. The Bertz CT molecular complexity index is 1610. The number of para-hydroxylation sites is 1. The van der Waals surface area contributed by atoms with Gasteiger partial charge in [0.15, 0.2) is 0 Å². The second-order valence-electron chi connectivity index (χ2n) is 12.6. The topological polar surface area (TPSA) is 114 Å². The van der Waals surface area contributed by atoms with Gasteiger partial charge in [-0.15, -0.1) is 0 Å². The van der Waals surface area contributed by atoms with Crippen LogP contribution in [0.25, 0.3) is 0 Å². The van der Waals surface area contributed by atoms with Crippen LogP contribution >= 0.6 is 11.6 Å². The molecule has 2 fully saturated rings. The lowest BCUT2D eigenvalue weighted by Crippen LogP contribution is -2.60. The van der Waals surface area contributed by atoms with Gasteiger partial charge < -0.3 is 30.7 Å². The molecule has 3 N–H and O–H groups in total. The summed E-state index contributed by atoms with van der Waals surface area (Å²) in [6.07, 6.45) is 1.77. The van der Waals surface area contributed by atoms with Crippen molar-refractivity contribution in [2.24, 2.45) is 0 Å². The van der Waals surface area contributed by atoms with Gasteiger partial charge in [-0.1, -0.05) is 66.2 Å². The first-order valence-electron chi connectivity index (χ1n) is 16.2. The van der Waals surface area contributed by atoms with Gasteiger partial charge in [-0.3, -0.25) is 19.2 Å². The standard InChI is InChI=1S/C36H41ClN6O4/c1-25(44)38-17-20-42-24-43(30-9-3-2-4-10-30)36(35(42)47)15-18-41(19-16-36)34(46)32(21-26-11-13-29(37)14-12-26)40-33(45)31-22-27-7-5-6-8-28(27)23-39-31/h2-14,31-32,39H,15-24H2,1H3,(H,38,44)(H,40,45)/t31?,32-/m1/s1. The molecule has 0 aliphatic carbocycles. The number of carbonyl (C=O) groups excluding carboxylic acids is 4. The summed E-state index contributed by atoms with van der Waals surface area (Å²) in [6, 6.07) is 24.0. The van der Waals surface area contributed by atoms with Crippen molar-refractivity contribution < 1.29 is 19.2 Å². The Balaban J connectivity index is 1.18. The Hall–Kier alpha value is -4.41. The van der Waals surface area contributed by atoms with Gasteiger partial charge in [0, 0.05) is 56.8 Å². The average molecular weight is 657 g/mol. The summed E-state index contributed by atoms with van der Waals surface area (Å²) in [7, 11) is 0. The fourth-order valence-corrected chi connectivity index (χ4v) is 7.15. The van der Waals surface area contributed by atoms with Crippen molar-refractivity contribution in [1.82, 2.24) is 25.8 Å². The van der Waals surface area contributed by atoms with Crippen LogP contribution in [0.4, 0.5) is 5.69 Å². The molecule has 0 bridgehead atoms. The minimum absolute atomic E-state index is 0.00785. The molecule has 6 rings (SSSR count). The summed E-state index contributed by atoms with van der Waals surface area (Å²) in [6.45, 7) is 3.97. The van der Waals surface area contributed by atoms with Gasteiger partial charge >= 0.3 is 0 Å². The molecule has 2 saturated heterocycles. The number of fused-ring (bicyclic) bond motifs is 1. The van der Waals surface area contributed by atoms with E-state index in [0.717, 1.165) is 16.8 Å². The Morgan fingerprint density at radius 3 is 2.34 bits per heavy atom. The summed E-state index contributed by atoms with van der Waals surface area (Å²) in [4.78, 5) is 59.0. The maximum atomic E-state index is 14.2. The van der Waals surface area contributed by atoms with Gasteiger partial charge in [0.25, 0.3) is 0 Å². The zero-order valence-electron chi connectivity index (χ0n) is 26.6. The third-order valence-corrected chi connectivity index (χ3v) is 9.86. The normalized spacial score (nSPS) is 19.3. The lowest BCUT2D eigenvalue weighted by atomic mass is 9.85. The first kappa shape index (κ1) is 32.5. The number of anilines is 1. The second-order valence-corrected chi connectivity index (χ2v) is 13.0. The fourth-order valence-electron chi connectivity index (χ4n) is 7.03. The van der Waals surface area contributed by atoms with E-state index in [4.69, 9.17) is 11.6 Å². The molecule has 0 aromatic heterocycles. The molecule has 4 amide bonds. The largest absolute Gasteiger partial charge is 0.355 e. The second kappa shape index (κ2) is 14.1. The van der Waals surface area contributed by atoms with Crippen LogP contribution < -0.4 is 20.9 Å². The first-order valence-corrected chi connectivity index (χ1v) is 16.6. The number of nitrogens with one attached hydrogen (secondary N) is 3. The quantitative estimate of drug-likeness (QED) is 0.327.